The zero-order chi connectivity index (χ0) is 11.4. The molecule has 1 rings (SSSR count). The Bertz CT molecular complexity index is 408. The molecule has 0 saturated carbocycles. The summed E-state index contributed by atoms with van der Waals surface area (Å²) in [5.41, 5.74) is 3.08. The van der Waals surface area contributed by atoms with E-state index >= 15 is 0 Å². The highest BCUT2D eigenvalue weighted by molar-refractivity contribution is 6.21. The maximum Gasteiger partial charge on any atom is 0.118 e. The van der Waals surface area contributed by atoms with Crippen LogP contribution in [0.25, 0.3) is 5.57 Å². The molecule has 0 aromatic heterocycles. The van der Waals surface area contributed by atoms with E-state index in [0.717, 1.165) is 16.7 Å². The highest BCUT2D eigenvalue weighted by atomic mass is 16.3. The minimum absolute atomic E-state index is 0.283. The topological polar surface area (TPSA) is 56.1 Å². The minimum atomic E-state index is 0.283. The van der Waals surface area contributed by atoms with Gasteiger partial charge in [-0.2, -0.15) is 0 Å². The maximum atomic E-state index is 9.41. The number of benzene rings is 1. The molecule has 0 saturated heterocycles. The number of rotatable bonds is 3. The van der Waals surface area contributed by atoms with Crippen molar-refractivity contribution in [2.75, 3.05) is 7.05 Å². The second-order valence-electron chi connectivity index (χ2n) is 3.47. The second-order valence-corrected chi connectivity index (χ2v) is 3.47. The van der Waals surface area contributed by atoms with Crippen LogP contribution in [0.2, 0.25) is 0 Å². The van der Waals surface area contributed by atoms with Gasteiger partial charge in [0.2, 0.25) is 0 Å². The lowest BCUT2D eigenvalue weighted by Gasteiger charge is -2.08. The van der Waals surface area contributed by atoms with Gasteiger partial charge in [0.05, 0.1) is 0 Å². The Morgan fingerprint density at radius 3 is 2.60 bits per heavy atom. The van der Waals surface area contributed by atoms with Gasteiger partial charge in [-0.3, -0.25) is 0 Å². The summed E-state index contributed by atoms with van der Waals surface area (Å²) in [5.74, 6) is 0.283. The molecule has 0 aliphatic rings. The van der Waals surface area contributed by atoms with Crippen molar-refractivity contribution >= 4 is 11.3 Å². The molecule has 3 nitrogen and oxygen atoms in total. The van der Waals surface area contributed by atoms with Crippen LogP contribution in [0.1, 0.15) is 18.1 Å². The van der Waals surface area contributed by atoms with Crippen molar-refractivity contribution in [3.8, 4) is 5.75 Å². The fraction of sp³-hybridized carbons (Fsp3) is 0.250. The third-order valence-electron chi connectivity index (χ3n) is 2.20. The fourth-order valence-corrected chi connectivity index (χ4v) is 1.38. The number of phenols is 1. The summed E-state index contributed by atoms with van der Waals surface area (Å²) in [6.45, 7) is 3.58. The van der Waals surface area contributed by atoms with Crippen LogP contribution in [-0.4, -0.2) is 17.9 Å². The molecule has 0 fully saturated rings. The largest absolute Gasteiger partial charge is 0.508 e. The molecular formula is C12H16N2O. The van der Waals surface area contributed by atoms with E-state index in [-0.39, 0.29) is 5.75 Å². The van der Waals surface area contributed by atoms with Crippen LogP contribution in [0.3, 0.4) is 0 Å². The highest BCUT2D eigenvalue weighted by Crippen LogP contribution is 2.22. The predicted molar refractivity (Wildman–Crippen MR) is 63.3 cm³/mol. The van der Waals surface area contributed by atoms with Crippen molar-refractivity contribution in [3.63, 3.8) is 0 Å². The molecule has 0 heterocycles. The van der Waals surface area contributed by atoms with E-state index in [1.54, 1.807) is 26.2 Å². The molecule has 0 radical (unpaired) electrons. The van der Waals surface area contributed by atoms with Crippen LogP contribution in [0, 0.1) is 12.3 Å². The lowest BCUT2D eigenvalue weighted by molar-refractivity contribution is 0.471. The number of nitrogens with one attached hydrogen (secondary N) is 2. The lowest BCUT2D eigenvalue weighted by Crippen LogP contribution is -2.02. The quantitative estimate of drug-likeness (QED) is 0.662. The van der Waals surface area contributed by atoms with E-state index in [1.165, 1.54) is 0 Å². The Balaban J connectivity index is 3.19. The standard InChI is InChI=1S/C12H16N2O/c1-8-6-10(4-5-12(8)15)11(7-14-3)9(2)13/h4-7,13-15H,1-3H3/b11-7+,13-9?. The van der Waals surface area contributed by atoms with Gasteiger partial charge in [0.25, 0.3) is 0 Å². The monoisotopic (exact) mass is 204 g/mol. The predicted octanol–water partition coefficient (Wildman–Crippen LogP) is 2.30. The lowest BCUT2D eigenvalue weighted by atomic mass is 10.0. The summed E-state index contributed by atoms with van der Waals surface area (Å²) < 4.78 is 0. The smallest absolute Gasteiger partial charge is 0.118 e. The Hall–Kier alpha value is -1.77. The molecule has 0 aliphatic heterocycles. The third-order valence-corrected chi connectivity index (χ3v) is 2.20. The van der Waals surface area contributed by atoms with Crippen molar-refractivity contribution in [3.05, 3.63) is 35.5 Å². The Kier molecular flexibility index (Phi) is 3.50. The van der Waals surface area contributed by atoms with E-state index in [0.29, 0.717) is 5.71 Å². The van der Waals surface area contributed by atoms with Crippen molar-refractivity contribution in [1.29, 1.82) is 5.41 Å². The normalized spacial score (nSPS) is 11.3. The maximum absolute atomic E-state index is 9.41. The number of allylic oxidation sites excluding steroid dienone is 1. The van der Waals surface area contributed by atoms with E-state index < -0.39 is 0 Å². The average Bonchev–Trinajstić information content (AvgIpc) is 2.18. The molecule has 0 unspecified atom stereocenters. The number of hydrogen-bond acceptors (Lipinski definition) is 3. The van der Waals surface area contributed by atoms with Gasteiger partial charge in [0.15, 0.2) is 0 Å². The molecule has 0 aliphatic carbocycles. The molecular weight excluding hydrogens is 188 g/mol. The molecule has 1 aromatic rings. The molecule has 0 amide bonds. The number of phenolic OH excluding ortho intramolecular Hbond substituents is 1. The molecule has 0 spiro atoms. The Morgan fingerprint density at radius 1 is 1.47 bits per heavy atom. The number of hydrogen-bond donors (Lipinski definition) is 3. The second kappa shape index (κ2) is 4.64. The summed E-state index contributed by atoms with van der Waals surface area (Å²) in [6.07, 6.45) is 1.79. The summed E-state index contributed by atoms with van der Waals surface area (Å²) in [5, 5.41) is 20.0. The molecule has 0 bridgehead atoms. The molecule has 80 valence electrons. The summed E-state index contributed by atoms with van der Waals surface area (Å²) in [6, 6.07) is 5.33. The first-order valence-corrected chi connectivity index (χ1v) is 4.79. The molecule has 0 atom stereocenters. The minimum Gasteiger partial charge on any atom is -0.508 e. The Morgan fingerprint density at radius 2 is 2.13 bits per heavy atom. The summed E-state index contributed by atoms with van der Waals surface area (Å²) >= 11 is 0. The van der Waals surface area contributed by atoms with Gasteiger partial charge in [0, 0.05) is 24.5 Å². The number of aryl methyl sites for hydroxylation is 1. The first kappa shape index (κ1) is 11.3. The van der Waals surface area contributed by atoms with Crippen LogP contribution >= 0.6 is 0 Å². The zero-order valence-corrected chi connectivity index (χ0v) is 9.26. The fourth-order valence-electron chi connectivity index (χ4n) is 1.38. The van der Waals surface area contributed by atoms with Crippen LogP contribution in [0.15, 0.2) is 24.4 Å². The van der Waals surface area contributed by atoms with Crippen LogP contribution in [0.5, 0.6) is 5.75 Å². The van der Waals surface area contributed by atoms with Crippen molar-refractivity contribution < 1.29 is 5.11 Å². The molecule has 3 N–H and O–H groups in total. The van der Waals surface area contributed by atoms with Gasteiger partial charge < -0.3 is 15.8 Å². The molecule has 1 aromatic carbocycles. The average molecular weight is 204 g/mol. The zero-order valence-electron chi connectivity index (χ0n) is 9.26. The first-order chi connectivity index (χ1) is 7.06. The van der Waals surface area contributed by atoms with E-state index in [9.17, 15) is 5.11 Å². The van der Waals surface area contributed by atoms with Crippen molar-refractivity contribution in [2.45, 2.75) is 13.8 Å². The summed E-state index contributed by atoms with van der Waals surface area (Å²) in [7, 11) is 1.80. The molecule has 3 heteroatoms. The van der Waals surface area contributed by atoms with Gasteiger partial charge >= 0.3 is 0 Å². The van der Waals surface area contributed by atoms with E-state index in [2.05, 4.69) is 5.32 Å². The van der Waals surface area contributed by atoms with Gasteiger partial charge in [-0.25, -0.2) is 0 Å². The molecule has 15 heavy (non-hydrogen) atoms. The SMILES string of the molecule is CN/C=C(\C(C)=N)c1ccc(O)c(C)c1. The van der Waals surface area contributed by atoms with Crippen molar-refractivity contribution in [1.82, 2.24) is 5.32 Å². The van der Waals surface area contributed by atoms with Gasteiger partial charge in [0.1, 0.15) is 5.75 Å². The Labute approximate surface area is 90.0 Å². The highest BCUT2D eigenvalue weighted by Gasteiger charge is 2.05. The van der Waals surface area contributed by atoms with Crippen molar-refractivity contribution in [2.24, 2.45) is 0 Å². The van der Waals surface area contributed by atoms with Gasteiger partial charge in [-0.15, -0.1) is 0 Å². The number of aromatic hydroxyl groups is 1. The van der Waals surface area contributed by atoms with Gasteiger partial charge in [-0.05, 0) is 37.1 Å². The first-order valence-electron chi connectivity index (χ1n) is 4.79. The summed E-state index contributed by atoms with van der Waals surface area (Å²) in [4.78, 5) is 0. The van der Waals surface area contributed by atoms with Gasteiger partial charge in [-0.1, -0.05) is 6.07 Å². The van der Waals surface area contributed by atoms with E-state index in [4.69, 9.17) is 5.41 Å². The van der Waals surface area contributed by atoms with Crippen LogP contribution in [0.4, 0.5) is 0 Å². The van der Waals surface area contributed by atoms with Crippen LogP contribution < -0.4 is 5.32 Å². The van der Waals surface area contributed by atoms with Crippen LogP contribution in [-0.2, 0) is 0 Å². The third kappa shape index (κ3) is 2.59. The van der Waals surface area contributed by atoms with E-state index in [1.807, 2.05) is 19.1 Å².